The Morgan fingerprint density at radius 2 is 2.05 bits per heavy atom. The summed E-state index contributed by atoms with van der Waals surface area (Å²) in [7, 11) is 0. The van der Waals surface area contributed by atoms with Gasteiger partial charge in [-0.1, -0.05) is 30.3 Å². The van der Waals surface area contributed by atoms with Crippen LogP contribution in [-0.2, 0) is 11.2 Å². The number of carbonyl (C=O) groups is 1. The summed E-state index contributed by atoms with van der Waals surface area (Å²) in [6.45, 7) is 0. The summed E-state index contributed by atoms with van der Waals surface area (Å²) >= 11 is 0. The molecule has 1 unspecified atom stereocenters. The number of fused-ring (bicyclic) bond motifs is 1. The molecule has 3 aromatic rings. The van der Waals surface area contributed by atoms with E-state index in [-0.39, 0.29) is 0 Å². The molecule has 0 aliphatic heterocycles. The number of hydrogen-bond donors (Lipinski definition) is 1. The van der Waals surface area contributed by atoms with E-state index in [9.17, 15) is 9.90 Å². The highest BCUT2D eigenvalue weighted by atomic mass is 16.4. The molecule has 0 bridgehead atoms. The smallest absolute Gasteiger partial charge is 0.312 e. The van der Waals surface area contributed by atoms with Gasteiger partial charge in [0, 0.05) is 6.20 Å². The zero-order valence-electron chi connectivity index (χ0n) is 10.4. The van der Waals surface area contributed by atoms with Crippen LogP contribution >= 0.6 is 0 Å². The van der Waals surface area contributed by atoms with E-state index in [1.54, 1.807) is 0 Å². The van der Waals surface area contributed by atoms with E-state index in [4.69, 9.17) is 0 Å². The van der Waals surface area contributed by atoms with Crippen molar-refractivity contribution in [2.24, 2.45) is 0 Å². The normalized spacial score (nSPS) is 12.4. The molecule has 2 aromatic heterocycles. The van der Waals surface area contributed by atoms with Gasteiger partial charge in [-0.05, 0) is 22.4 Å². The summed E-state index contributed by atoms with van der Waals surface area (Å²) in [6, 6.07) is 9.43. The summed E-state index contributed by atoms with van der Waals surface area (Å²) in [6.07, 6.45) is 3.34. The highest BCUT2D eigenvalue weighted by Gasteiger charge is 2.24. The fourth-order valence-corrected chi connectivity index (χ4v) is 2.10. The lowest BCUT2D eigenvalue weighted by Crippen LogP contribution is -2.18. The van der Waals surface area contributed by atoms with E-state index in [1.165, 1.54) is 16.9 Å². The van der Waals surface area contributed by atoms with Crippen LogP contribution in [0.5, 0.6) is 0 Å². The number of carboxylic acid groups (broad SMARTS) is 1. The molecule has 0 spiro atoms. The van der Waals surface area contributed by atoms with Crippen LogP contribution in [0.15, 0.2) is 42.7 Å². The summed E-state index contributed by atoms with van der Waals surface area (Å²) < 4.78 is 1.41. The van der Waals surface area contributed by atoms with E-state index in [0.717, 1.165) is 5.56 Å². The van der Waals surface area contributed by atoms with Gasteiger partial charge in [-0.25, -0.2) is 0 Å². The SMILES string of the molecule is O=C(O)C(Cc1ccccc1)c1cncc2nnnn12. The minimum Gasteiger partial charge on any atom is -0.481 e. The lowest BCUT2D eigenvalue weighted by Gasteiger charge is -2.12. The predicted octanol–water partition coefficient (Wildman–Crippen LogP) is 0.930. The lowest BCUT2D eigenvalue weighted by molar-refractivity contribution is -0.138. The maximum absolute atomic E-state index is 11.6. The Balaban J connectivity index is 2.03. The third kappa shape index (κ3) is 2.20. The number of tetrazole rings is 1. The molecule has 7 heteroatoms. The van der Waals surface area contributed by atoms with Gasteiger partial charge in [-0.15, -0.1) is 5.10 Å². The van der Waals surface area contributed by atoms with Crippen molar-refractivity contribution in [2.45, 2.75) is 12.3 Å². The molecule has 0 saturated heterocycles. The molecule has 3 rings (SSSR count). The molecular formula is C13H11N5O2. The van der Waals surface area contributed by atoms with Crippen molar-refractivity contribution >= 4 is 11.6 Å². The molecule has 0 amide bonds. The van der Waals surface area contributed by atoms with Crippen molar-refractivity contribution in [3.05, 3.63) is 54.0 Å². The molecule has 7 nitrogen and oxygen atoms in total. The molecule has 0 aliphatic rings. The van der Waals surface area contributed by atoms with Crippen LogP contribution in [0.4, 0.5) is 0 Å². The second-order valence-electron chi connectivity index (χ2n) is 4.36. The van der Waals surface area contributed by atoms with E-state index in [1.807, 2.05) is 30.3 Å². The predicted molar refractivity (Wildman–Crippen MR) is 69.1 cm³/mol. The molecule has 20 heavy (non-hydrogen) atoms. The fourth-order valence-electron chi connectivity index (χ4n) is 2.10. The Kier molecular flexibility index (Phi) is 3.08. The van der Waals surface area contributed by atoms with Gasteiger partial charge in [0.2, 0.25) is 0 Å². The number of aromatic nitrogens is 5. The molecule has 100 valence electrons. The Labute approximate surface area is 113 Å². The zero-order valence-corrected chi connectivity index (χ0v) is 10.4. The quantitative estimate of drug-likeness (QED) is 0.757. The van der Waals surface area contributed by atoms with Crippen molar-refractivity contribution in [3.63, 3.8) is 0 Å². The van der Waals surface area contributed by atoms with Crippen LogP contribution in [0, 0.1) is 0 Å². The Morgan fingerprint density at radius 3 is 2.80 bits per heavy atom. The molecule has 0 radical (unpaired) electrons. The van der Waals surface area contributed by atoms with Gasteiger partial charge in [0.05, 0.1) is 11.9 Å². The largest absolute Gasteiger partial charge is 0.481 e. The lowest BCUT2D eigenvalue weighted by atomic mass is 9.96. The van der Waals surface area contributed by atoms with Crippen LogP contribution in [0.3, 0.4) is 0 Å². The fraction of sp³-hybridized carbons (Fsp3) is 0.154. The summed E-state index contributed by atoms with van der Waals surface area (Å²) in [5, 5.41) is 20.6. The van der Waals surface area contributed by atoms with Crippen molar-refractivity contribution in [1.29, 1.82) is 0 Å². The molecular weight excluding hydrogens is 258 g/mol. The van der Waals surface area contributed by atoms with Crippen LogP contribution in [0.1, 0.15) is 17.2 Å². The van der Waals surface area contributed by atoms with Crippen LogP contribution in [0.25, 0.3) is 5.65 Å². The summed E-state index contributed by atoms with van der Waals surface area (Å²) in [5.41, 5.74) is 1.83. The van der Waals surface area contributed by atoms with Gasteiger partial charge < -0.3 is 5.11 Å². The van der Waals surface area contributed by atoms with Gasteiger partial charge in [0.15, 0.2) is 5.65 Å². The minimum atomic E-state index is -0.932. The zero-order chi connectivity index (χ0) is 13.9. The van der Waals surface area contributed by atoms with Crippen molar-refractivity contribution < 1.29 is 9.90 Å². The van der Waals surface area contributed by atoms with Gasteiger partial charge in [0.1, 0.15) is 5.92 Å². The van der Waals surface area contributed by atoms with Crippen molar-refractivity contribution in [3.8, 4) is 0 Å². The highest BCUT2D eigenvalue weighted by Crippen LogP contribution is 2.20. The van der Waals surface area contributed by atoms with Gasteiger partial charge in [0.25, 0.3) is 0 Å². The molecule has 0 fully saturated rings. The Hall–Kier alpha value is -2.83. The standard InChI is InChI=1S/C13H11N5O2/c19-13(20)10(6-9-4-2-1-3-5-9)11-7-14-8-12-15-16-17-18(11)12/h1-5,7-8,10H,6H2,(H,19,20). The molecule has 0 saturated carbocycles. The maximum atomic E-state index is 11.6. The molecule has 1 atom stereocenters. The average Bonchev–Trinajstić information content (AvgIpc) is 2.94. The van der Waals surface area contributed by atoms with E-state index in [2.05, 4.69) is 20.5 Å². The van der Waals surface area contributed by atoms with Crippen LogP contribution < -0.4 is 0 Å². The number of benzene rings is 1. The van der Waals surface area contributed by atoms with Crippen molar-refractivity contribution in [2.75, 3.05) is 0 Å². The molecule has 1 N–H and O–H groups in total. The second-order valence-corrected chi connectivity index (χ2v) is 4.36. The van der Waals surface area contributed by atoms with Gasteiger partial charge in [-0.3, -0.25) is 9.78 Å². The van der Waals surface area contributed by atoms with E-state index >= 15 is 0 Å². The van der Waals surface area contributed by atoms with Crippen molar-refractivity contribution in [1.82, 2.24) is 25.0 Å². The number of rotatable bonds is 4. The maximum Gasteiger partial charge on any atom is 0.312 e. The average molecular weight is 269 g/mol. The first-order valence-electron chi connectivity index (χ1n) is 6.04. The summed E-state index contributed by atoms with van der Waals surface area (Å²) in [4.78, 5) is 15.6. The topological polar surface area (TPSA) is 93.3 Å². The number of hydrogen-bond acceptors (Lipinski definition) is 5. The first-order valence-corrected chi connectivity index (χ1v) is 6.04. The second kappa shape index (κ2) is 5.04. The van der Waals surface area contributed by atoms with Gasteiger partial charge >= 0.3 is 5.97 Å². The third-order valence-electron chi connectivity index (χ3n) is 3.07. The molecule has 0 aliphatic carbocycles. The number of nitrogens with zero attached hydrogens (tertiary/aromatic N) is 5. The third-order valence-corrected chi connectivity index (χ3v) is 3.07. The molecule has 2 heterocycles. The first kappa shape index (κ1) is 12.2. The Morgan fingerprint density at radius 1 is 1.25 bits per heavy atom. The van der Waals surface area contributed by atoms with Crippen LogP contribution in [0.2, 0.25) is 0 Å². The molecule has 1 aromatic carbocycles. The van der Waals surface area contributed by atoms with Gasteiger partial charge in [-0.2, -0.15) is 4.52 Å². The monoisotopic (exact) mass is 269 g/mol. The Bertz CT molecular complexity index is 741. The van der Waals surface area contributed by atoms with Crippen LogP contribution in [-0.4, -0.2) is 36.1 Å². The minimum absolute atomic E-state index is 0.358. The summed E-state index contributed by atoms with van der Waals surface area (Å²) in [5.74, 6) is -1.68. The van der Waals surface area contributed by atoms with E-state index < -0.39 is 11.9 Å². The van der Waals surface area contributed by atoms with E-state index in [0.29, 0.717) is 17.8 Å². The number of carboxylic acids is 1. The number of aliphatic carboxylic acids is 1. The first-order chi connectivity index (χ1) is 9.75. The highest BCUT2D eigenvalue weighted by molar-refractivity contribution is 5.76.